The van der Waals surface area contributed by atoms with E-state index < -0.39 is 6.03 Å². The van der Waals surface area contributed by atoms with Gasteiger partial charge in [0, 0.05) is 12.2 Å². The fourth-order valence-corrected chi connectivity index (χ4v) is 2.41. The molecule has 3 N–H and O–H groups in total. The topological polar surface area (TPSA) is 101 Å². The molecule has 144 valence electrons. The first-order chi connectivity index (χ1) is 13.6. The maximum absolute atomic E-state index is 12.8. The zero-order chi connectivity index (χ0) is 19.8. The summed E-state index contributed by atoms with van der Waals surface area (Å²) in [5, 5.41) is 11.8. The molecule has 0 radical (unpaired) electrons. The van der Waals surface area contributed by atoms with Gasteiger partial charge >= 0.3 is 6.03 Å². The lowest BCUT2D eigenvalue weighted by Gasteiger charge is -2.09. The van der Waals surface area contributed by atoms with Gasteiger partial charge in [-0.15, -0.1) is 0 Å². The number of amides is 3. The van der Waals surface area contributed by atoms with Crippen molar-refractivity contribution in [1.82, 2.24) is 25.4 Å². The van der Waals surface area contributed by atoms with Crippen molar-refractivity contribution in [2.24, 2.45) is 0 Å². The second-order valence-corrected chi connectivity index (χ2v) is 6.00. The maximum atomic E-state index is 12.8. The van der Waals surface area contributed by atoms with E-state index in [1.807, 2.05) is 12.1 Å². The van der Waals surface area contributed by atoms with Crippen LogP contribution in [0.5, 0.6) is 0 Å². The van der Waals surface area contributed by atoms with Crippen LogP contribution in [-0.2, 0) is 17.9 Å². The Morgan fingerprint density at radius 3 is 2.36 bits per heavy atom. The van der Waals surface area contributed by atoms with Crippen LogP contribution in [0.1, 0.15) is 11.1 Å². The van der Waals surface area contributed by atoms with E-state index in [-0.39, 0.29) is 24.8 Å². The SMILES string of the molecule is O=C(CNC(=O)NCc1ccc(F)cc1)Nc1ccc(Cn2cncn2)cc1. The van der Waals surface area contributed by atoms with E-state index in [0.717, 1.165) is 11.1 Å². The zero-order valence-electron chi connectivity index (χ0n) is 14.9. The third kappa shape index (κ3) is 5.90. The van der Waals surface area contributed by atoms with Crippen molar-refractivity contribution in [2.75, 3.05) is 11.9 Å². The van der Waals surface area contributed by atoms with E-state index in [0.29, 0.717) is 12.2 Å². The quantitative estimate of drug-likeness (QED) is 0.581. The van der Waals surface area contributed by atoms with Crippen LogP contribution in [0, 0.1) is 5.82 Å². The van der Waals surface area contributed by atoms with Gasteiger partial charge in [0.15, 0.2) is 0 Å². The van der Waals surface area contributed by atoms with E-state index >= 15 is 0 Å². The molecule has 0 fully saturated rings. The highest BCUT2D eigenvalue weighted by Crippen LogP contribution is 2.10. The third-order valence-electron chi connectivity index (χ3n) is 3.82. The highest BCUT2D eigenvalue weighted by atomic mass is 19.1. The van der Waals surface area contributed by atoms with Gasteiger partial charge in [-0.1, -0.05) is 24.3 Å². The smallest absolute Gasteiger partial charge is 0.315 e. The van der Waals surface area contributed by atoms with Gasteiger partial charge < -0.3 is 16.0 Å². The minimum absolute atomic E-state index is 0.171. The minimum atomic E-state index is -0.484. The summed E-state index contributed by atoms with van der Waals surface area (Å²) in [6, 6.07) is 12.6. The first-order valence-electron chi connectivity index (χ1n) is 8.56. The van der Waals surface area contributed by atoms with E-state index in [1.54, 1.807) is 35.3 Å². The molecule has 8 nitrogen and oxygen atoms in total. The van der Waals surface area contributed by atoms with E-state index in [2.05, 4.69) is 26.0 Å². The van der Waals surface area contributed by atoms with Crippen molar-refractivity contribution in [1.29, 1.82) is 0 Å². The second kappa shape index (κ2) is 9.26. The molecule has 3 rings (SSSR count). The summed E-state index contributed by atoms with van der Waals surface area (Å²) >= 11 is 0. The van der Waals surface area contributed by atoms with Gasteiger partial charge in [0.25, 0.3) is 0 Å². The molecular weight excluding hydrogens is 363 g/mol. The molecule has 1 heterocycles. The third-order valence-corrected chi connectivity index (χ3v) is 3.82. The van der Waals surface area contributed by atoms with Gasteiger partial charge in [-0.25, -0.2) is 18.9 Å². The highest BCUT2D eigenvalue weighted by Gasteiger charge is 2.06. The molecule has 0 saturated carbocycles. The lowest BCUT2D eigenvalue weighted by atomic mass is 10.2. The Morgan fingerprint density at radius 1 is 0.964 bits per heavy atom. The highest BCUT2D eigenvalue weighted by molar-refractivity contribution is 5.94. The molecule has 0 bridgehead atoms. The summed E-state index contributed by atoms with van der Waals surface area (Å²) < 4.78 is 14.5. The molecule has 0 unspecified atom stereocenters. The molecule has 0 aliphatic heterocycles. The number of halogens is 1. The summed E-state index contributed by atoms with van der Waals surface area (Å²) in [7, 11) is 0. The number of carbonyl (C=O) groups is 2. The van der Waals surface area contributed by atoms with Crippen LogP contribution in [0.4, 0.5) is 14.9 Å². The average molecular weight is 382 g/mol. The molecule has 3 amide bonds. The summed E-state index contributed by atoms with van der Waals surface area (Å²) in [6.45, 7) is 0.654. The van der Waals surface area contributed by atoms with Gasteiger partial charge in [-0.2, -0.15) is 5.10 Å². The van der Waals surface area contributed by atoms with E-state index in [9.17, 15) is 14.0 Å². The van der Waals surface area contributed by atoms with Gasteiger partial charge in [0.2, 0.25) is 5.91 Å². The largest absolute Gasteiger partial charge is 0.334 e. The minimum Gasteiger partial charge on any atom is -0.334 e. The summed E-state index contributed by atoms with van der Waals surface area (Å²) in [5.74, 6) is -0.683. The molecule has 1 aromatic heterocycles. The van der Waals surface area contributed by atoms with Crippen molar-refractivity contribution >= 4 is 17.6 Å². The second-order valence-electron chi connectivity index (χ2n) is 6.00. The standard InChI is InChI=1S/C19H19FN6O2/c20-16-5-1-14(2-6-16)9-22-19(28)23-10-18(27)25-17-7-3-15(4-8-17)11-26-13-21-12-24-26/h1-8,12-13H,9-11H2,(H,25,27)(H2,22,23,28). The molecule has 2 aromatic carbocycles. The summed E-state index contributed by atoms with van der Waals surface area (Å²) in [6.07, 6.45) is 3.10. The van der Waals surface area contributed by atoms with Gasteiger partial charge in [0.05, 0.1) is 13.1 Å². The average Bonchev–Trinajstić information content (AvgIpc) is 3.20. The van der Waals surface area contributed by atoms with Crippen LogP contribution in [0.15, 0.2) is 61.2 Å². The molecule has 9 heteroatoms. The number of aromatic nitrogens is 3. The van der Waals surface area contributed by atoms with Gasteiger partial charge in [-0.3, -0.25) is 4.79 Å². The maximum Gasteiger partial charge on any atom is 0.315 e. The number of hydrogen-bond donors (Lipinski definition) is 3. The Hall–Kier alpha value is -3.75. The summed E-state index contributed by atoms with van der Waals surface area (Å²) in [5.41, 5.74) is 2.40. The molecule has 0 atom stereocenters. The number of nitrogens with zero attached hydrogens (tertiary/aromatic N) is 3. The predicted molar refractivity (Wildman–Crippen MR) is 101 cm³/mol. The number of benzene rings is 2. The number of rotatable bonds is 7. The molecule has 3 aromatic rings. The number of urea groups is 1. The van der Waals surface area contributed by atoms with Crippen molar-refractivity contribution in [3.63, 3.8) is 0 Å². The van der Waals surface area contributed by atoms with Gasteiger partial charge in [0.1, 0.15) is 18.5 Å². The van der Waals surface area contributed by atoms with E-state index in [1.165, 1.54) is 18.5 Å². The first-order valence-corrected chi connectivity index (χ1v) is 8.56. The molecule has 28 heavy (non-hydrogen) atoms. The van der Waals surface area contributed by atoms with Crippen molar-refractivity contribution in [3.8, 4) is 0 Å². The lowest BCUT2D eigenvalue weighted by molar-refractivity contribution is -0.115. The normalized spacial score (nSPS) is 10.3. The summed E-state index contributed by atoms with van der Waals surface area (Å²) in [4.78, 5) is 27.6. The first kappa shape index (κ1) is 19.0. The van der Waals surface area contributed by atoms with Gasteiger partial charge in [-0.05, 0) is 35.4 Å². The predicted octanol–water partition coefficient (Wildman–Crippen LogP) is 1.90. The van der Waals surface area contributed by atoms with Crippen LogP contribution < -0.4 is 16.0 Å². The lowest BCUT2D eigenvalue weighted by Crippen LogP contribution is -2.39. The molecule has 0 spiro atoms. The monoisotopic (exact) mass is 382 g/mol. The fourth-order valence-electron chi connectivity index (χ4n) is 2.41. The Labute approximate surface area is 160 Å². The van der Waals surface area contributed by atoms with Crippen LogP contribution >= 0.6 is 0 Å². The Bertz CT molecular complexity index is 911. The molecule has 0 saturated heterocycles. The van der Waals surface area contributed by atoms with Crippen molar-refractivity contribution in [2.45, 2.75) is 13.1 Å². The van der Waals surface area contributed by atoms with Crippen LogP contribution in [0.3, 0.4) is 0 Å². The Morgan fingerprint density at radius 2 is 1.68 bits per heavy atom. The van der Waals surface area contributed by atoms with E-state index in [4.69, 9.17) is 0 Å². The molecular formula is C19H19FN6O2. The van der Waals surface area contributed by atoms with Crippen molar-refractivity contribution < 1.29 is 14.0 Å². The van der Waals surface area contributed by atoms with Crippen LogP contribution in [0.25, 0.3) is 0 Å². The number of nitrogens with one attached hydrogen (secondary N) is 3. The number of hydrogen-bond acceptors (Lipinski definition) is 4. The number of anilines is 1. The Kier molecular flexibility index (Phi) is 6.29. The fraction of sp³-hybridized carbons (Fsp3) is 0.158. The molecule has 0 aliphatic carbocycles. The Balaban J connectivity index is 1.38. The number of carbonyl (C=O) groups excluding carboxylic acids is 2. The van der Waals surface area contributed by atoms with Crippen LogP contribution in [-0.4, -0.2) is 33.2 Å². The zero-order valence-corrected chi connectivity index (χ0v) is 14.9. The van der Waals surface area contributed by atoms with Crippen molar-refractivity contribution in [3.05, 3.63) is 78.1 Å². The molecule has 0 aliphatic rings. The van der Waals surface area contributed by atoms with Crippen LogP contribution in [0.2, 0.25) is 0 Å².